The monoisotopic (exact) mass is 385 g/mol. The standard InChI is InChI=1S/C22H27NO5/c1-2-26-21(24)17-27-20-13-11-18(12-14-20)8-6-7-15-23-22(25)28-16-19-9-4-3-5-10-19/h3-5,9-14H,2,6-8,15-17H2,1H3,(H,23,25). The van der Waals surface area contributed by atoms with Crippen molar-refractivity contribution in [2.24, 2.45) is 0 Å². The topological polar surface area (TPSA) is 73.9 Å². The molecule has 2 aromatic carbocycles. The first-order chi connectivity index (χ1) is 13.7. The maximum atomic E-state index is 11.7. The number of hydrogen-bond acceptors (Lipinski definition) is 5. The first kappa shape index (κ1) is 21.3. The quantitative estimate of drug-likeness (QED) is 0.469. The van der Waals surface area contributed by atoms with Crippen LogP contribution in [0.4, 0.5) is 4.79 Å². The maximum absolute atomic E-state index is 11.7. The number of carbonyl (C=O) groups is 2. The molecule has 0 aliphatic heterocycles. The summed E-state index contributed by atoms with van der Waals surface area (Å²) in [5.41, 5.74) is 2.14. The average molecular weight is 385 g/mol. The summed E-state index contributed by atoms with van der Waals surface area (Å²) in [5, 5.41) is 2.76. The Morgan fingerprint density at radius 1 is 0.893 bits per heavy atom. The molecule has 6 heteroatoms. The van der Waals surface area contributed by atoms with Gasteiger partial charge in [0.1, 0.15) is 12.4 Å². The molecule has 28 heavy (non-hydrogen) atoms. The smallest absolute Gasteiger partial charge is 0.407 e. The fourth-order valence-corrected chi connectivity index (χ4v) is 2.52. The molecule has 0 radical (unpaired) electrons. The van der Waals surface area contributed by atoms with Gasteiger partial charge in [0, 0.05) is 6.54 Å². The van der Waals surface area contributed by atoms with Crippen molar-refractivity contribution in [1.29, 1.82) is 0 Å². The third-order valence-electron chi connectivity index (χ3n) is 3.96. The van der Waals surface area contributed by atoms with Crippen molar-refractivity contribution in [3.8, 4) is 5.75 Å². The predicted molar refractivity (Wildman–Crippen MR) is 106 cm³/mol. The van der Waals surface area contributed by atoms with Gasteiger partial charge in [-0.05, 0) is 49.4 Å². The van der Waals surface area contributed by atoms with Crippen LogP contribution < -0.4 is 10.1 Å². The van der Waals surface area contributed by atoms with Crippen LogP contribution in [0.5, 0.6) is 5.75 Å². The van der Waals surface area contributed by atoms with E-state index >= 15 is 0 Å². The molecular formula is C22H27NO5. The highest BCUT2D eigenvalue weighted by molar-refractivity contribution is 5.71. The van der Waals surface area contributed by atoms with Crippen LogP contribution in [0.25, 0.3) is 0 Å². The summed E-state index contributed by atoms with van der Waals surface area (Å²) in [5.74, 6) is 0.265. The Morgan fingerprint density at radius 3 is 2.36 bits per heavy atom. The van der Waals surface area contributed by atoms with Gasteiger partial charge >= 0.3 is 12.1 Å². The van der Waals surface area contributed by atoms with Crippen molar-refractivity contribution < 1.29 is 23.8 Å². The minimum absolute atomic E-state index is 0.0841. The third kappa shape index (κ3) is 8.58. The molecule has 0 bridgehead atoms. The van der Waals surface area contributed by atoms with E-state index in [1.807, 2.05) is 54.6 Å². The molecule has 150 valence electrons. The summed E-state index contributed by atoms with van der Waals surface area (Å²) >= 11 is 0. The summed E-state index contributed by atoms with van der Waals surface area (Å²) in [7, 11) is 0. The minimum atomic E-state index is -0.396. The second-order valence-electron chi connectivity index (χ2n) is 6.18. The van der Waals surface area contributed by atoms with E-state index in [-0.39, 0.29) is 19.2 Å². The van der Waals surface area contributed by atoms with Gasteiger partial charge in [0.2, 0.25) is 0 Å². The van der Waals surface area contributed by atoms with E-state index in [9.17, 15) is 9.59 Å². The minimum Gasteiger partial charge on any atom is -0.482 e. The number of benzene rings is 2. The number of nitrogens with one attached hydrogen (secondary N) is 1. The molecule has 2 rings (SSSR count). The number of ether oxygens (including phenoxy) is 3. The van der Waals surface area contributed by atoms with Gasteiger partial charge in [-0.15, -0.1) is 0 Å². The van der Waals surface area contributed by atoms with Gasteiger partial charge in [0.05, 0.1) is 6.61 Å². The van der Waals surface area contributed by atoms with Crippen LogP contribution in [0.2, 0.25) is 0 Å². The van der Waals surface area contributed by atoms with Crippen LogP contribution in [0.3, 0.4) is 0 Å². The fourth-order valence-electron chi connectivity index (χ4n) is 2.52. The summed E-state index contributed by atoms with van der Waals surface area (Å²) in [4.78, 5) is 22.9. The van der Waals surface area contributed by atoms with Gasteiger partial charge in [-0.2, -0.15) is 0 Å². The Labute approximate surface area is 165 Å². The van der Waals surface area contributed by atoms with Crippen LogP contribution in [0.1, 0.15) is 30.9 Å². The molecule has 0 aliphatic carbocycles. The zero-order chi connectivity index (χ0) is 20.0. The second kappa shape index (κ2) is 12.4. The first-order valence-electron chi connectivity index (χ1n) is 9.49. The molecule has 0 heterocycles. The van der Waals surface area contributed by atoms with E-state index in [1.54, 1.807) is 6.92 Å². The van der Waals surface area contributed by atoms with Crippen LogP contribution in [0, 0.1) is 0 Å². The Balaban J connectivity index is 1.55. The number of esters is 1. The lowest BCUT2D eigenvalue weighted by Crippen LogP contribution is -2.25. The highest BCUT2D eigenvalue weighted by atomic mass is 16.6. The highest BCUT2D eigenvalue weighted by Gasteiger charge is 2.04. The number of rotatable bonds is 11. The number of aryl methyl sites for hydroxylation is 1. The summed E-state index contributed by atoms with van der Waals surface area (Å²) in [6, 6.07) is 17.2. The van der Waals surface area contributed by atoms with Crippen LogP contribution >= 0.6 is 0 Å². The molecule has 0 saturated heterocycles. The number of hydrogen-bond donors (Lipinski definition) is 1. The Morgan fingerprint density at radius 2 is 1.64 bits per heavy atom. The lowest BCUT2D eigenvalue weighted by atomic mass is 10.1. The number of carbonyl (C=O) groups excluding carboxylic acids is 2. The summed E-state index contributed by atoms with van der Waals surface area (Å²) in [6.45, 7) is 2.88. The SMILES string of the molecule is CCOC(=O)COc1ccc(CCCCNC(=O)OCc2ccccc2)cc1. The molecule has 0 unspecified atom stereocenters. The molecule has 6 nitrogen and oxygen atoms in total. The second-order valence-corrected chi connectivity index (χ2v) is 6.18. The molecular weight excluding hydrogens is 358 g/mol. The summed E-state index contributed by atoms with van der Waals surface area (Å²) < 4.78 is 15.3. The number of alkyl carbamates (subject to hydrolysis) is 1. The van der Waals surface area contributed by atoms with Crippen molar-refractivity contribution in [2.75, 3.05) is 19.8 Å². The molecule has 0 aliphatic rings. The van der Waals surface area contributed by atoms with E-state index in [1.165, 1.54) is 5.56 Å². The van der Waals surface area contributed by atoms with Gasteiger partial charge in [0.15, 0.2) is 6.61 Å². The highest BCUT2D eigenvalue weighted by Crippen LogP contribution is 2.14. The van der Waals surface area contributed by atoms with E-state index in [0.29, 0.717) is 18.9 Å². The number of amides is 1. The Hall–Kier alpha value is -3.02. The molecule has 2 aromatic rings. The van der Waals surface area contributed by atoms with Gasteiger partial charge in [-0.1, -0.05) is 42.5 Å². The van der Waals surface area contributed by atoms with E-state index in [2.05, 4.69) is 5.32 Å². The lowest BCUT2D eigenvalue weighted by molar-refractivity contribution is -0.145. The number of unbranched alkanes of at least 4 members (excludes halogenated alkanes) is 1. The third-order valence-corrected chi connectivity index (χ3v) is 3.96. The van der Waals surface area contributed by atoms with Crippen molar-refractivity contribution in [2.45, 2.75) is 32.8 Å². The zero-order valence-corrected chi connectivity index (χ0v) is 16.2. The van der Waals surface area contributed by atoms with Gasteiger partial charge in [-0.3, -0.25) is 0 Å². The molecule has 0 aromatic heterocycles. The van der Waals surface area contributed by atoms with E-state index in [4.69, 9.17) is 14.2 Å². The van der Waals surface area contributed by atoms with Crippen molar-refractivity contribution in [3.05, 3.63) is 65.7 Å². The molecule has 1 amide bonds. The van der Waals surface area contributed by atoms with Crippen molar-refractivity contribution >= 4 is 12.1 Å². The lowest BCUT2D eigenvalue weighted by Gasteiger charge is -2.08. The van der Waals surface area contributed by atoms with Gasteiger partial charge < -0.3 is 19.5 Å². The van der Waals surface area contributed by atoms with Gasteiger partial charge in [-0.25, -0.2) is 9.59 Å². The Kier molecular flexibility index (Phi) is 9.41. The zero-order valence-electron chi connectivity index (χ0n) is 16.2. The van der Waals surface area contributed by atoms with Crippen LogP contribution in [-0.2, 0) is 27.3 Å². The largest absolute Gasteiger partial charge is 0.482 e. The van der Waals surface area contributed by atoms with Crippen molar-refractivity contribution in [1.82, 2.24) is 5.32 Å². The maximum Gasteiger partial charge on any atom is 0.407 e. The van der Waals surface area contributed by atoms with E-state index in [0.717, 1.165) is 24.8 Å². The molecule has 0 atom stereocenters. The summed E-state index contributed by atoms with van der Waals surface area (Å²) in [6.07, 6.45) is 2.31. The molecule has 1 N–H and O–H groups in total. The first-order valence-corrected chi connectivity index (χ1v) is 9.49. The van der Waals surface area contributed by atoms with Gasteiger partial charge in [0.25, 0.3) is 0 Å². The van der Waals surface area contributed by atoms with Crippen molar-refractivity contribution in [3.63, 3.8) is 0 Å². The molecule has 0 fully saturated rings. The fraction of sp³-hybridized carbons (Fsp3) is 0.364. The Bertz CT molecular complexity index is 715. The predicted octanol–water partition coefficient (Wildman–Crippen LogP) is 3.88. The average Bonchev–Trinajstić information content (AvgIpc) is 2.72. The molecule has 0 spiro atoms. The normalized spacial score (nSPS) is 10.2. The van der Waals surface area contributed by atoms with Crippen LogP contribution in [-0.4, -0.2) is 31.8 Å². The van der Waals surface area contributed by atoms with E-state index < -0.39 is 6.09 Å². The van der Waals surface area contributed by atoms with Crippen LogP contribution in [0.15, 0.2) is 54.6 Å². The molecule has 0 saturated carbocycles.